The number of carbonyl (C=O) groups is 3. The van der Waals surface area contributed by atoms with Crippen LogP contribution in [0.3, 0.4) is 0 Å². The molecule has 0 unspecified atom stereocenters. The molecule has 26 heavy (non-hydrogen) atoms. The first-order valence-corrected chi connectivity index (χ1v) is 8.57. The van der Waals surface area contributed by atoms with Crippen LogP contribution in [-0.4, -0.2) is 66.7 Å². The standard InChI is InChI=1S/C17H22N4O5/c1-3-25-17(24)21-8-6-20(7-9-21)16(23)18-12-4-5-14-13(10-12)19-15(22)11(2)26-14/h4-5,10-11H,3,6-9H2,1-2H3,(H,18,23)(H,19,22)/t11-/m1/s1. The maximum atomic E-state index is 12.4. The maximum Gasteiger partial charge on any atom is 0.409 e. The Morgan fingerprint density at radius 3 is 2.65 bits per heavy atom. The van der Waals surface area contributed by atoms with Crippen molar-refractivity contribution in [2.45, 2.75) is 20.0 Å². The Labute approximate surface area is 151 Å². The van der Waals surface area contributed by atoms with Crippen LogP contribution in [0.4, 0.5) is 21.0 Å². The van der Waals surface area contributed by atoms with E-state index in [0.29, 0.717) is 49.9 Å². The van der Waals surface area contributed by atoms with Gasteiger partial charge in [0.25, 0.3) is 5.91 Å². The third-order valence-corrected chi connectivity index (χ3v) is 4.25. The molecule has 0 saturated carbocycles. The van der Waals surface area contributed by atoms with Gasteiger partial charge in [0.1, 0.15) is 5.75 Å². The highest BCUT2D eigenvalue weighted by molar-refractivity contribution is 5.99. The number of hydrogen-bond donors (Lipinski definition) is 2. The summed E-state index contributed by atoms with van der Waals surface area (Å²) < 4.78 is 10.5. The molecule has 1 saturated heterocycles. The number of amides is 4. The number of rotatable bonds is 2. The minimum absolute atomic E-state index is 0.226. The topological polar surface area (TPSA) is 100 Å². The molecule has 9 heteroatoms. The van der Waals surface area contributed by atoms with Crippen LogP contribution in [0.5, 0.6) is 5.75 Å². The second-order valence-corrected chi connectivity index (χ2v) is 6.06. The normalized spacial score (nSPS) is 19.2. The molecule has 1 atom stereocenters. The van der Waals surface area contributed by atoms with Crippen LogP contribution in [0.25, 0.3) is 0 Å². The van der Waals surface area contributed by atoms with Gasteiger partial charge in [0.2, 0.25) is 0 Å². The molecule has 1 fully saturated rings. The highest BCUT2D eigenvalue weighted by atomic mass is 16.6. The predicted molar refractivity (Wildman–Crippen MR) is 94.3 cm³/mol. The van der Waals surface area contributed by atoms with Crippen LogP contribution in [0.2, 0.25) is 0 Å². The van der Waals surface area contributed by atoms with E-state index in [9.17, 15) is 14.4 Å². The van der Waals surface area contributed by atoms with Gasteiger partial charge in [-0.25, -0.2) is 9.59 Å². The first-order chi connectivity index (χ1) is 12.5. The van der Waals surface area contributed by atoms with Crippen molar-refractivity contribution < 1.29 is 23.9 Å². The average molecular weight is 362 g/mol. The van der Waals surface area contributed by atoms with Crippen molar-refractivity contribution in [2.75, 3.05) is 43.4 Å². The Kier molecular flexibility index (Phi) is 5.15. The summed E-state index contributed by atoms with van der Waals surface area (Å²) in [6.45, 7) is 5.46. The third-order valence-electron chi connectivity index (χ3n) is 4.25. The highest BCUT2D eigenvalue weighted by Gasteiger charge is 2.26. The van der Waals surface area contributed by atoms with Crippen molar-refractivity contribution in [3.8, 4) is 5.75 Å². The molecule has 0 spiro atoms. The summed E-state index contributed by atoms with van der Waals surface area (Å²) in [6, 6.07) is 4.83. The molecule has 2 aliphatic heterocycles. The van der Waals surface area contributed by atoms with E-state index in [1.165, 1.54) is 0 Å². The minimum Gasteiger partial charge on any atom is -0.479 e. The van der Waals surface area contributed by atoms with Gasteiger partial charge in [-0.05, 0) is 32.0 Å². The zero-order valence-electron chi connectivity index (χ0n) is 14.8. The number of anilines is 2. The van der Waals surface area contributed by atoms with E-state index in [1.807, 2.05) is 0 Å². The van der Waals surface area contributed by atoms with Gasteiger partial charge in [0.15, 0.2) is 6.10 Å². The van der Waals surface area contributed by atoms with Gasteiger partial charge in [-0.3, -0.25) is 4.79 Å². The fraction of sp³-hybridized carbons (Fsp3) is 0.471. The van der Waals surface area contributed by atoms with E-state index in [4.69, 9.17) is 9.47 Å². The minimum atomic E-state index is -0.543. The quantitative estimate of drug-likeness (QED) is 0.834. The van der Waals surface area contributed by atoms with E-state index in [1.54, 1.807) is 41.8 Å². The monoisotopic (exact) mass is 362 g/mol. The van der Waals surface area contributed by atoms with Gasteiger partial charge in [0.05, 0.1) is 12.3 Å². The summed E-state index contributed by atoms with van der Waals surface area (Å²) in [5.74, 6) is 0.342. The van der Waals surface area contributed by atoms with Crippen LogP contribution in [-0.2, 0) is 9.53 Å². The van der Waals surface area contributed by atoms with Gasteiger partial charge in [-0.2, -0.15) is 0 Å². The van der Waals surface area contributed by atoms with Crippen molar-refractivity contribution in [3.63, 3.8) is 0 Å². The van der Waals surface area contributed by atoms with E-state index in [0.717, 1.165) is 0 Å². The molecular weight excluding hydrogens is 340 g/mol. The molecule has 0 bridgehead atoms. The second kappa shape index (κ2) is 7.51. The van der Waals surface area contributed by atoms with E-state index in [2.05, 4.69) is 10.6 Å². The largest absolute Gasteiger partial charge is 0.479 e. The molecule has 0 aromatic heterocycles. The lowest BCUT2D eigenvalue weighted by molar-refractivity contribution is -0.122. The second-order valence-electron chi connectivity index (χ2n) is 6.06. The fourth-order valence-corrected chi connectivity index (χ4v) is 2.80. The van der Waals surface area contributed by atoms with Crippen molar-refractivity contribution >= 4 is 29.4 Å². The van der Waals surface area contributed by atoms with Gasteiger partial charge in [0, 0.05) is 31.9 Å². The maximum absolute atomic E-state index is 12.4. The number of fused-ring (bicyclic) bond motifs is 1. The highest BCUT2D eigenvalue weighted by Crippen LogP contribution is 2.32. The first kappa shape index (κ1) is 17.8. The Balaban J connectivity index is 1.57. The number of benzene rings is 1. The van der Waals surface area contributed by atoms with Crippen LogP contribution < -0.4 is 15.4 Å². The number of nitrogens with zero attached hydrogens (tertiary/aromatic N) is 2. The van der Waals surface area contributed by atoms with Gasteiger partial charge in [-0.15, -0.1) is 0 Å². The van der Waals surface area contributed by atoms with Crippen molar-refractivity contribution in [3.05, 3.63) is 18.2 Å². The summed E-state index contributed by atoms with van der Waals surface area (Å²) in [5.41, 5.74) is 1.08. The summed E-state index contributed by atoms with van der Waals surface area (Å²) in [4.78, 5) is 39.0. The molecule has 0 radical (unpaired) electrons. The molecule has 1 aromatic carbocycles. The molecule has 4 amide bonds. The van der Waals surface area contributed by atoms with Crippen molar-refractivity contribution in [1.82, 2.24) is 9.80 Å². The molecule has 2 N–H and O–H groups in total. The van der Waals surface area contributed by atoms with Crippen LogP contribution in [0.1, 0.15) is 13.8 Å². The van der Waals surface area contributed by atoms with Crippen LogP contribution in [0.15, 0.2) is 18.2 Å². The molecule has 3 rings (SSSR count). The van der Waals surface area contributed by atoms with E-state index < -0.39 is 6.10 Å². The van der Waals surface area contributed by atoms with Crippen molar-refractivity contribution in [1.29, 1.82) is 0 Å². The predicted octanol–water partition coefficient (Wildman–Crippen LogP) is 1.71. The lowest BCUT2D eigenvalue weighted by atomic mass is 10.2. The number of ether oxygens (including phenoxy) is 2. The fourth-order valence-electron chi connectivity index (χ4n) is 2.80. The lowest BCUT2D eigenvalue weighted by Crippen LogP contribution is -2.51. The van der Waals surface area contributed by atoms with Gasteiger partial charge >= 0.3 is 12.1 Å². The first-order valence-electron chi connectivity index (χ1n) is 8.57. The van der Waals surface area contributed by atoms with E-state index >= 15 is 0 Å². The molecular formula is C17H22N4O5. The number of piperazine rings is 1. The SMILES string of the molecule is CCOC(=O)N1CCN(C(=O)Nc2ccc3c(c2)NC(=O)[C@@H](C)O3)CC1. The Morgan fingerprint density at radius 1 is 1.27 bits per heavy atom. The number of hydrogen-bond acceptors (Lipinski definition) is 5. The van der Waals surface area contributed by atoms with Crippen LogP contribution in [0, 0.1) is 0 Å². The third kappa shape index (κ3) is 3.81. The molecule has 2 aliphatic rings. The average Bonchev–Trinajstić information content (AvgIpc) is 2.63. The summed E-state index contributed by atoms with van der Waals surface area (Å²) in [5, 5.41) is 5.55. The molecule has 9 nitrogen and oxygen atoms in total. The van der Waals surface area contributed by atoms with Gasteiger partial charge in [-0.1, -0.05) is 0 Å². The Hall–Kier alpha value is -2.97. The Bertz CT molecular complexity index is 715. The summed E-state index contributed by atoms with van der Waals surface area (Å²) in [6.07, 6.45) is -0.897. The molecule has 2 heterocycles. The summed E-state index contributed by atoms with van der Waals surface area (Å²) >= 11 is 0. The smallest absolute Gasteiger partial charge is 0.409 e. The van der Waals surface area contributed by atoms with E-state index in [-0.39, 0.29) is 18.0 Å². The van der Waals surface area contributed by atoms with Gasteiger partial charge < -0.3 is 29.9 Å². The number of nitrogens with one attached hydrogen (secondary N) is 2. The van der Waals surface area contributed by atoms with Crippen LogP contribution >= 0.6 is 0 Å². The summed E-state index contributed by atoms with van der Waals surface area (Å²) in [7, 11) is 0. The zero-order valence-corrected chi connectivity index (χ0v) is 14.8. The number of urea groups is 1. The van der Waals surface area contributed by atoms with Crippen molar-refractivity contribution in [2.24, 2.45) is 0 Å². The Morgan fingerprint density at radius 2 is 1.96 bits per heavy atom. The molecule has 0 aliphatic carbocycles. The number of carbonyl (C=O) groups excluding carboxylic acids is 3. The molecule has 140 valence electrons. The lowest BCUT2D eigenvalue weighted by Gasteiger charge is -2.34. The zero-order chi connectivity index (χ0) is 18.7. The molecule has 1 aromatic rings.